The van der Waals surface area contributed by atoms with Gasteiger partial charge in [0.1, 0.15) is 0 Å². The second kappa shape index (κ2) is 3.82. The highest BCUT2D eigenvalue weighted by atomic mass is 16.2. The summed E-state index contributed by atoms with van der Waals surface area (Å²) >= 11 is 0. The molecule has 1 aromatic rings. The number of amides is 2. The highest BCUT2D eigenvalue weighted by molar-refractivity contribution is 6.19. The molecule has 0 aromatic heterocycles. The molecule has 1 saturated heterocycles. The van der Waals surface area contributed by atoms with Crippen molar-refractivity contribution in [1.82, 2.24) is 0 Å². The van der Waals surface area contributed by atoms with Crippen LogP contribution in [-0.4, -0.2) is 11.8 Å². The Labute approximate surface area is 87.7 Å². The van der Waals surface area contributed by atoms with Gasteiger partial charge in [-0.25, -0.2) is 0 Å². The van der Waals surface area contributed by atoms with Crippen molar-refractivity contribution in [3.63, 3.8) is 0 Å². The third-order valence-corrected chi connectivity index (χ3v) is 2.46. The van der Waals surface area contributed by atoms with Crippen molar-refractivity contribution >= 4 is 17.5 Å². The van der Waals surface area contributed by atoms with E-state index in [0.717, 1.165) is 5.56 Å². The number of hydrogen-bond acceptors (Lipinski definition) is 3. The van der Waals surface area contributed by atoms with Gasteiger partial charge in [-0.05, 0) is 17.7 Å². The number of hydrogen-bond donors (Lipinski definition) is 1. The Morgan fingerprint density at radius 1 is 1.20 bits per heavy atom. The van der Waals surface area contributed by atoms with Crippen molar-refractivity contribution in [2.45, 2.75) is 19.4 Å². The summed E-state index contributed by atoms with van der Waals surface area (Å²) in [7, 11) is 0. The van der Waals surface area contributed by atoms with E-state index in [0.29, 0.717) is 25.1 Å². The second-order valence-electron chi connectivity index (χ2n) is 3.50. The molecule has 1 fully saturated rings. The maximum absolute atomic E-state index is 11.5. The molecule has 2 N–H and O–H groups in total. The Morgan fingerprint density at radius 2 is 1.87 bits per heavy atom. The lowest BCUT2D eigenvalue weighted by Crippen LogP contribution is -2.28. The first-order valence-corrected chi connectivity index (χ1v) is 4.87. The number of nitrogens with two attached hydrogens (primary N) is 1. The lowest BCUT2D eigenvalue weighted by molar-refractivity contribution is -0.121. The topological polar surface area (TPSA) is 63.4 Å². The zero-order valence-electron chi connectivity index (χ0n) is 8.27. The van der Waals surface area contributed by atoms with Crippen LogP contribution in [0.2, 0.25) is 0 Å². The Morgan fingerprint density at radius 3 is 2.47 bits per heavy atom. The molecule has 0 aliphatic carbocycles. The van der Waals surface area contributed by atoms with Crippen molar-refractivity contribution in [3.8, 4) is 0 Å². The molecule has 78 valence electrons. The molecular formula is C11H12N2O2. The molecule has 1 aliphatic rings. The molecular weight excluding hydrogens is 192 g/mol. The molecule has 0 radical (unpaired) electrons. The fourth-order valence-electron chi connectivity index (χ4n) is 1.69. The van der Waals surface area contributed by atoms with Gasteiger partial charge in [-0.15, -0.1) is 0 Å². The average Bonchev–Trinajstić information content (AvgIpc) is 2.59. The zero-order valence-corrected chi connectivity index (χ0v) is 8.27. The van der Waals surface area contributed by atoms with Gasteiger partial charge >= 0.3 is 0 Å². The van der Waals surface area contributed by atoms with Crippen LogP contribution in [0.25, 0.3) is 0 Å². The summed E-state index contributed by atoms with van der Waals surface area (Å²) in [5, 5.41) is 0. The lowest BCUT2D eigenvalue weighted by atomic mass is 10.2. The summed E-state index contributed by atoms with van der Waals surface area (Å²) in [4.78, 5) is 24.2. The smallest absolute Gasteiger partial charge is 0.234 e. The van der Waals surface area contributed by atoms with E-state index >= 15 is 0 Å². The van der Waals surface area contributed by atoms with Gasteiger partial charge in [-0.3, -0.25) is 14.5 Å². The maximum atomic E-state index is 11.5. The molecule has 15 heavy (non-hydrogen) atoms. The summed E-state index contributed by atoms with van der Waals surface area (Å²) in [6, 6.07) is 7.20. The minimum Gasteiger partial charge on any atom is -0.326 e. The molecule has 4 nitrogen and oxygen atoms in total. The summed E-state index contributed by atoms with van der Waals surface area (Å²) in [6.07, 6.45) is 0.622. The lowest BCUT2D eigenvalue weighted by Gasteiger charge is -2.14. The van der Waals surface area contributed by atoms with Crippen molar-refractivity contribution < 1.29 is 9.59 Å². The predicted molar refractivity (Wildman–Crippen MR) is 56.1 cm³/mol. The molecule has 0 spiro atoms. The van der Waals surface area contributed by atoms with Gasteiger partial charge in [0.25, 0.3) is 0 Å². The Kier molecular flexibility index (Phi) is 2.51. The zero-order chi connectivity index (χ0) is 10.8. The van der Waals surface area contributed by atoms with Crippen LogP contribution < -0.4 is 10.6 Å². The molecule has 0 saturated carbocycles. The molecule has 1 aromatic carbocycles. The second-order valence-corrected chi connectivity index (χ2v) is 3.50. The van der Waals surface area contributed by atoms with Gasteiger partial charge in [-0.2, -0.15) is 0 Å². The first-order valence-electron chi connectivity index (χ1n) is 4.87. The molecule has 1 aliphatic heterocycles. The highest BCUT2D eigenvalue weighted by Gasteiger charge is 2.30. The summed E-state index contributed by atoms with van der Waals surface area (Å²) in [5.74, 6) is -0.261. The fraction of sp³-hybridized carbons (Fsp3) is 0.273. The summed E-state index contributed by atoms with van der Waals surface area (Å²) < 4.78 is 0. The van der Waals surface area contributed by atoms with Gasteiger partial charge in [0, 0.05) is 19.4 Å². The standard InChI is InChI=1S/C11H12N2O2/c12-7-8-2-1-3-9(6-8)13-10(14)4-5-11(13)15/h1-3,6H,4-5,7,12H2. The summed E-state index contributed by atoms with van der Waals surface area (Å²) in [6.45, 7) is 0.407. The van der Waals surface area contributed by atoms with E-state index in [4.69, 9.17) is 5.73 Å². The average molecular weight is 204 g/mol. The van der Waals surface area contributed by atoms with Gasteiger partial charge in [0.05, 0.1) is 5.69 Å². The highest BCUT2D eigenvalue weighted by Crippen LogP contribution is 2.23. The third kappa shape index (κ3) is 1.76. The van der Waals surface area contributed by atoms with Crippen LogP contribution in [0.5, 0.6) is 0 Å². The SMILES string of the molecule is NCc1cccc(N2C(=O)CCC2=O)c1. The van der Waals surface area contributed by atoms with Crippen LogP contribution in [0.4, 0.5) is 5.69 Å². The van der Waals surface area contributed by atoms with E-state index in [2.05, 4.69) is 0 Å². The quantitative estimate of drug-likeness (QED) is 0.725. The van der Waals surface area contributed by atoms with Crippen molar-refractivity contribution in [3.05, 3.63) is 29.8 Å². The molecule has 2 amide bonds. The third-order valence-electron chi connectivity index (χ3n) is 2.46. The molecule has 4 heteroatoms. The summed E-state index contributed by atoms with van der Waals surface area (Å²) in [5.41, 5.74) is 7.05. The van der Waals surface area contributed by atoms with Crippen molar-refractivity contribution in [1.29, 1.82) is 0 Å². The maximum Gasteiger partial charge on any atom is 0.234 e. The van der Waals surface area contributed by atoms with Gasteiger partial charge in [-0.1, -0.05) is 12.1 Å². The van der Waals surface area contributed by atoms with E-state index in [9.17, 15) is 9.59 Å². The number of carbonyl (C=O) groups excluding carboxylic acids is 2. The monoisotopic (exact) mass is 204 g/mol. The van der Waals surface area contributed by atoms with Crippen molar-refractivity contribution in [2.75, 3.05) is 4.90 Å². The van der Waals surface area contributed by atoms with Crippen LogP contribution in [-0.2, 0) is 16.1 Å². The Balaban J connectivity index is 2.36. The van der Waals surface area contributed by atoms with Gasteiger partial charge < -0.3 is 5.73 Å². The minimum absolute atomic E-state index is 0.130. The fourth-order valence-corrected chi connectivity index (χ4v) is 1.69. The van der Waals surface area contributed by atoms with E-state index in [-0.39, 0.29) is 11.8 Å². The van der Waals surface area contributed by atoms with Crippen LogP contribution in [0.1, 0.15) is 18.4 Å². The Hall–Kier alpha value is -1.68. The van der Waals surface area contributed by atoms with Crippen LogP contribution in [0.15, 0.2) is 24.3 Å². The number of nitrogens with zero attached hydrogens (tertiary/aromatic N) is 1. The normalized spacial score (nSPS) is 16.2. The van der Waals surface area contributed by atoms with E-state index < -0.39 is 0 Å². The molecule has 0 atom stereocenters. The molecule has 0 unspecified atom stereocenters. The Bertz CT molecular complexity index is 399. The van der Waals surface area contributed by atoms with Crippen LogP contribution in [0, 0.1) is 0 Å². The molecule has 0 bridgehead atoms. The number of rotatable bonds is 2. The van der Waals surface area contributed by atoms with E-state index in [1.165, 1.54) is 4.90 Å². The van der Waals surface area contributed by atoms with Crippen molar-refractivity contribution in [2.24, 2.45) is 5.73 Å². The van der Waals surface area contributed by atoms with Gasteiger partial charge in [0.15, 0.2) is 0 Å². The van der Waals surface area contributed by atoms with Crippen LogP contribution >= 0.6 is 0 Å². The molecule has 2 rings (SSSR count). The first-order chi connectivity index (χ1) is 7.22. The van der Waals surface area contributed by atoms with Crippen LogP contribution in [0.3, 0.4) is 0 Å². The minimum atomic E-state index is -0.130. The van der Waals surface area contributed by atoms with E-state index in [1.807, 2.05) is 6.07 Å². The first kappa shape index (κ1) is 9.86. The largest absolute Gasteiger partial charge is 0.326 e. The molecule has 1 heterocycles. The number of benzene rings is 1. The number of carbonyl (C=O) groups is 2. The number of anilines is 1. The van der Waals surface area contributed by atoms with E-state index in [1.54, 1.807) is 18.2 Å². The number of imide groups is 1. The van der Waals surface area contributed by atoms with Gasteiger partial charge in [0.2, 0.25) is 11.8 Å². The predicted octanol–water partition coefficient (Wildman–Crippen LogP) is 0.799.